The molecule has 6 heteroatoms. The second-order valence-corrected chi connectivity index (χ2v) is 6.08. The maximum Gasteiger partial charge on any atom is 0.190 e. The van der Waals surface area contributed by atoms with Crippen LogP contribution in [0.15, 0.2) is 11.5 Å². The number of aliphatic hydroxyl groups is 1. The van der Waals surface area contributed by atoms with E-state index in [0.717, 1.165) is 23.8 Å². The highest BCUT2D eigenvalue weighted by Gasteiger charge is 2.40. The lowest BCUT2D eigenvalue weighted by atomic mass is 9.86. The Morgan fingerprint density at radius 1 is 1.67 bits per heavy atom. The maximum atomic E-state index is 9.62. The summed E-state index contributed by atoms with van der Waals surface area (Å²) in [5.41, 5.74) is -0.0551. The molecule has 1 saturated carbocycles. The summed E-state index contributed by atoms with van der Waals surface area (Å²) in [5.74, 6) is 1.59. The molecule has 0 bridgehead atoms. The van der Waals surface area contributed by atoms with Gasteiger partial charge in [-0.25, -0.2) is 0 Å². The van der Waals surface area contributed by atoms with Crippen molar-refractivity contribution in [3.63, 3.8) is 0 Å². The van der Waals surface area contributed by atoms with Crippen molar-refractivity contribution in [3.8, 4) is 0 Å². The largest absolute Gasteiger partial charge is 0.394 e. The predicted molar refractivity (Wildman–Crippen MR) is 72.6 cm³/mol. The van der Waals surface area contributed by atoms with Crippen LogP contribution >= 0.6 is 11.8 Å². The van der Waals surface area contributed by atoms with Gasteiger partial charge in [-0.15, -0.1) is 10.2 Å². The van der Waals surface area contributed by atoms with Crippen molar-refractivity contribution < 1.29 is 5.11 Å². The summed E-state index contributed by atoms with van der Waals surface area (Å²) in [6.45, 7) is 0.239. The van der Waals surface area contributed by atoms with Crippen LogP contribution in [0.5, 0.6) is 0 Å². The fraction of sp³-hybridized carbons (Fsp3) is 0.833. The van der Waals surface area contributed by atoms with Gasteiger partial charge in [-0.1, -0.05) is 18.2 Å². The minimum atomic E-state index is -0.0551. The molecule has 1 aromatic rings. The molecule has 0 spiro atoms. The van der Waals surface area contributed by atoms with Crippen LogP contribution in [-0.2, 0) is 7.05 Å². The molecule has 1 fully saturated rings. The van der Waals surface area contributed by atoms with Crippen LogP contribution in [0.4, 0.5) is 0 Å². The van der Waals surface area contributed by atoms with Gasteiger partial charge < -0.3 is 15.0 Å². The molecule has 2 atom stereocenters. The van der Waals surface area contributed by atoms with E-state index in [9.17, 15) is 5.11 Å². The van der Waals surface area contributed by atoms with Gasteiger partial charge in [0.05, 0.1) is 6.61 Å². The smallest absolute Gasteiger partial charge is 0.190 e. The Labute approximate surface area is 112 Å². The Morgan fingerprint density at radius 2 is 2.50 bits per heavy atom. The van der Waals surface area contributed by atoms with Gasteiger partial charge in [0.15, 0.2) is 5.16 Å². The number of aromatic nitrogens is 3. The zero-order chi connectivity index (χ0) is 13.0. The number of nitrogens with one attached hydrogen (secondary N) is 1. The lowest BCUT2D eigenvalue weighted by Crippen LogP contribution is -2.49. The van der Waals surface area contributed by atoms with Crippen LogP contribution in [0.1, 0.15) is 25.7 Å². The molecule has 2 rings (SSSR count). The number of aryl methyl sites for hydroxylation is 1. The third-order valence-corrected chi connectivity index (χ3v) is 5.17. The van der Waals surface area contributed by atoms with Crippen LogP contribution in [0.3, 0.4) is 0 Å². The number of hydrogen-bond donors (Lipinski definition) is 2. The monoisotopic (exact) mass is 270 g/mol. The second kappa shape index (κ2) is 6.04. The average Bonchev–Trinajstić information content (AvgIpc) is 2.97. The molecule has 1 aromatic heterocycles. The number of aliphatic hydroxyl groups excluding tert-OH is 1. The van der Waals surface area contributed by atoms with Crippen LogP contribution < -0.4 is 5.32 Å². The van der Waals surface area contributed by atoms with E-state index < -0.39 is 0 Å². The van der Waals surface area contributed by atoms with Crippen molar-refractivity contribution in [2.75, 3.05) is 19.4 Å². The summed E-state index contributed by atoms with van der Waals surface area (Å²) in [7, 11) is 3.92. The van der Waals surface area contributed by atoms with Crippen LogP contribution in [0.2, 0.25) is 0 Å². The highest BCUT2D eigenvalue weighted by atomic mass is 32.2. The Bertz CT molecular complexity index is 378. The number of rotatable bonds is 6. The fourth-order valence-corrected chi connectivity index (χ4v) is 3.82. The summed E-state index contributed by atoms with van der Waals surface area (Å²) in [6.07, 6.45) is 6.34. The normalized spacial score (nSPS) is 27.8. The van der Waals surface area contributed by atoms with Crippen molar-refractivity contribution in [2.45, 2.75) is 36.4 Å². The number of nitrogens with zero attached hydrogens (tertiary/aromatic N) is 3. The van der Waals surface area contributed by atoms with E-state index in [-0.39, 0.29) is 12.1 Å². The SMILES string of the molecule is CNC1(CO)CCCC1CCSc1nncn1C. The third-order valence-electron chi connectivity index (χ3n) is 4.10. The Morgan fingerprint density at radius 3 is 3.11 bits per heavy atom. The molecule has 18 heavy (non-hydrogen) atoms. The van der Waals surface area contributed by atoms with Crippen LogP contribution in [-0.4, -0.2) is 44.8 Å². The quantitative estimate of drug-likeness (QED) is 0.757. The Hall–Kier alpha value is -0.590. The summed E-state index contributed by atoms with van der Waals surface area (Å²) < 4.78 is 1.94. The molecule has 0 aromatic carbocycles. The molecule has 2 unspecified atom stereocenters. The number of likely N-dealkylation sites (N-methyl/N-ethyl adjacent to an activating group) is 1. The molecule has 5 nitrogen and oxygen atoms in total. The standard InChI is InChI=1S/C12H22N4OS/c1-13-12(8-17)6-3-4-10(12)5-7-18-11-15-14-9-16(11)2/h9-10,13,17H,3-8H2,1-2H3. The highest BCUT2D eigenvalue weighted by Crippen LogP contribution is 2.38. The Kier molecular flexibility index (Phi) is 4.64. The van der Waals surface area contributed by atoms with E-state index in [2.05, 4.69) is 15.5 Å². The highest BCUT2D eigenvalue weighted by molar-refractivity contribution is 7.99. The second-order valence-electron chi connectivity index (χ2n) is 5.01. The molecule has 0 amide bonds. The minimum Gasteiger partial charge on any atom is -0.394 e. The topological polar surface area (TPSA) is 63.0 Å². The fourth-order valence-electron chi connectivity index (χ4n) is 2.88. The first-order valence-corrected chi connectivity index (χ1v) is 7.47. The van der Waals surface area contributed by atoms with E-state index in [1.165, 1.54) is 12.8 Å². The van der Waals surface area contributed by atoms with E-state index in [4.69, 9.17) is 0 Å². The molecule has 102 valence electrons. The lowest BCUT2D eigenvalue weighted by Gasteiger charge is -2.33. The van der Waals surface area contributed by atoms with Crippen molar-refractivity contribution in [2.24, 2.45) is 13.0 Å². The molecule has 0 aliphatic heterocycles. The van der Waals surface area contributed by atoms with Crippen LogP contribution in [0.25, 0.3) is 0 Å². The average molecular weight is 270 g/mol. The first-order valence-electron chi connectivity index (χ1n) is 6.48. The number of hydrogen-bond acceptors (Lipinski definition) is 5. The first kappa shape index (κ1) is 13.8. The Balaban J connectivity index is 1.85. The van der Waals surface area contributed by atoms with Gasteiger partial charge in [0.25, 0.3) is 0 Å². The molecular weight excluding hydrogens is 248 g/mol. The van der Waals surface area contributed by atoms with Gasteiger partial charge in [-0.2, -0.15) is 0 Å². The van der Waals surface area contributed by atoms with Gasteiger partial charge >= 0.3 is 0 Å². The van der Waals surface area contributed by atoms with Gasteiger partial charge in [0.2, 0.25) is 0 Å². The lowest BCUT2D eigenvalue weighted by molar-refractivity contribution is 0.130. The van der Waals surface area contributed by atoms with Gasteiger partial charge in [-0.3, -0.25) is 0 Å². The molecule has 0 saturated heterocycles. The summed E-state index contributed by atoms with van der Waals surface area (Å²) in [4.78, 5) is 0. The number of thioether (sulfide) groups is 1. The molecular formula is C12H22N4OS. The molecule has 1 aliphatic carbocycles. The van der Waals surface area contributed by atoms with Crippen molar-refractivity contribution >= 4 is 11.8 Å². The van der Waals surface area contributed by atoms with E-state index >= 15 is 0 Å². The first-order chi connectivity index (χ1) is 8.72. The maximum absolute atomic E-state index is 9.62. The molecule has 2 N–H and O–H groups in total. The molecule has 1 aliphatic rings. The minimum absolute atomic E-state index is 0.0551. The molecule has 1 heterocycles. The van der Waals surface area contributed by atoms with E-state index in [1.54, 1.807) is 18.1 Å². The van der Waals surface area contributed by atoms with Crippen LogP contribution in [0, 0.1) is 5.92 Å². The predicted octanol–water partition coefficient (Wildman–Crippen LogP) is 1.05. The van der Waals surface area contributed by atoms with Crippen molar-refractivity contribution in [1.29, 1.82) is 0 Å². The van der Waals surface area contributed by atoms with Gasteiger partial charge in [0, 0.05) is 18.3 Å². The van der Waals surface area contributed by atoms with Gasteiger partial charge in [0.1, 0.15) is 6.33 Å². The third kappa shape index (κ3) is 2.70. The zero-order valence-electron chi connectivity index (χ0n) is 11.1. The summed E-state index contributed by atoms with van der Waals surface area (Å²) in [6, 6.07) is 0. The zero-order valence-corrected chi connectivity index (χ0v) is 11.9. The summed E-state index contributed by atoms with van der Waals surface area (Å²) >= 11 is 1.74. The van der Waals surface area contributed by atoms with E-state index in [1.807, 2.05) is 18.7 Å². The molecule has 0 radical (unpaired) electrons. The van der Waals surface area contributed by atoms with Crippen molar-refractivity contribution in [1.82, 2.24) is 20.1 Å². The van der Waals surface area contributed by atoms with Gasteiger partial charge in [-0.05, 0) is 32.2 Å². The van der Waals surface area contributed by atoms with E-state index in [0.29, 0.717) is 5.92 Å². The van der Waals surface area contributed by atoms with Crippen molar-refractivity contribution in [3.05, 3.63) is 6.33 Å². The summed E-state index contributed by atoms with van der Waals surface area (Å²) in [5, 5.41) is 21.9.